The first kappa shape index (κ1) is 14.9. The first-order chi connectivity index (χ1) is 8.15. The summed E-state index contributed by atoms with van der Waals surface area (Å²) in [5, 5.41) is -0.913. The molecule has 0 amide bonds. The molecule has 0 unspecified atom stereocenters. The van der Waals surface area contributed by atoms with Crippen LogP contribution in [0.3, 0.4) is 0 Å². The van der Waals surface area contributed by atoms with Gasteiger partial charge in [-0.05, 0) is 17.7 Å². The summed E-state index contributed by atoms with van der Waals surface area (Å²) in [6, 6.07) is 6.63. The Morgan fingerprint density at radius 1 is 1.22 bits per heavy atom. The van der Waals surface area contributed by atoms with Gasteiger partial charge in [-0.3, -0.25) is 4.31 Å². The van der Waals surface area contributed by atoms with E-state index >= 15 is 0 Å². The zero-order valence-corrected chi connectivity index (χ0v) is 11.8. The van der Waals surface area contributed by atoms with Crippen molar-refractivity contribution in [2.75, 3.05) is 22.7 Å². The molecule has 0 aromatic heterocycles. The van der Waals surface area contributed by atoms with Gasteiger partial charge in [-0.1, -0.05) is 12.1 Å². The SMILES string of the molecule is CN(c1cccc(CN)c1)S(=O)(=O)CS(C)(=O)=O. The van der Waals surface area contributed by atoms with Gasteiger partial charge in [0, 0.05) is 19.8 Å². The Morgan fingerprint density at radius 2 is 1.83 bits per heavy atom. The van der Waals surface area contributed by atoms with Crippen LogP contribution in [0.15, 0.2) is 24.3 Å². The van der Waals surface area contributed by atoms with Crippen LogP contribution >= 0.6 is 0 Å². The van der Waals surface area contributed by atoms with Gasteiger partial charge in [0.05, 0.1) is 5.69 Å². The summed E-state index contributed by atoms with van der Waals surface area (Å²) in [6.45, 7) is 0.286. The second-order valence-corrected chi connectivity index (χ2v) is 8.50. The van der Waals surface area contributed by atoms with Crippen LogP contribution in [0, 0.1) is 0 Å². The summed E-state index contributed by atoms with van der Waals surface area (Å²) >= 11 is 0. The highest BCUT2D eigenvalue weighted by Gasteiger charge is 2.23. The Labute approximate surface area is 107 Å². The summed E-state index contributed by atoms with van der Waals surface area (Å²) in [4.78, 5) is 0. The monoisotopic (exact) mass is 292 g/mol. The van der Waals surface area contributed by atoms with E-state index in [4.69, 9.17) is 5.73 Å². The molecule has 102 valence electrons. The molecule has 0 radical (unpaired) electrons. The standard InChI is InChI=1S/C10H16N2O4S2/c1-12(18(15,16)8-17(2,13)14)10-5-3-4-9(6-10)7-11/h3-6H,7-8,11H2,1-2H3. The van der Waals surface area contributed by atoms with Gasteiger partial charge >= 0.3 is 0 Å². The molecule has 6 nitrogen and oxygen atoms in total. The number of benzene rings is 1. The Kier molecular flexibility index (Phi) is 4.36. The molecule has 0 atom stereocenters. The van der Waals surface area contributed by atoms with E-state index in [0.29, 0.717) is 5.69 Å². The molecular formula is C10H16N2O4S2. The lowest BCUT2D eigenvalue weighted by molar-refractivity contribution is 0.590. The lowest BCUT2D eigenvalue weighted by Crippen LogP contribution is -2.32. The largest absolute Gasteiger partial charge is 0.326 e. The van der Waals surface area contributed by atoms with E-state index in [0.717, 1.165) is 16.1 Å². The topological polar surface area (TPSA) is 97.5 Å². The van der Waals surface area contributed by atoms with E-state index in [1.807, 2.05) is 0 Å². The third-order valence-corrected chi connectivity index (χ3v) is 6.24. The van der Waals surface area contributed by atoms with Gasteiger partial charge < -0.3 is 5.73 Å². The number of nitrogens with two attached hydrogens (primary N) is 1. The average molecular weight is 292 g/mol. The van der Waals surface area contributed by atoms with Crippen molar-refractivity contribution in [2.24, 2.45) is 5.73 Å². The van der Waals surface area contributed by atoms with Crippen LogP contribution in [0.1, 0.15) is 5.56 Å². The normalized spacial score (nSPS) is 12.4. The number of hydrogen-bond acceptors (Lipinski definition) is 5. The van der Waals surface area contributed by atoms with Crippen molar-refractivity contribution >= 4 is 25.5 Å². The highest BCUT2D eigenvalue weighted by Crippen LogP contribution is 2.18. The first-order valence-electron chi connectivity index (χ1n) is 5.09. The van der Waals surface area contributed by atoms with Gasteiger partial charge in [-0.25, -0.2) is 16.8 Å². The molecule has 2 N–H and O–H groups in total. The minimum Gasteiger partial charge on any atom is -0.326 e. The van der Waals surface area contributed by atoms with E-state index < -0.39 is 24.9 Å². The first-order valence-corrected chi connectivity index (χ1v) is 8.76. The quantitative estimate of drug-likeness (QED) is 0.818. The molecule has 0 saturated heterocycles. The summed E-state index contributed by atoms with van der Waals surface area (Å²) < 4.78 is 46.8. The Balaban J connectivity index is 3.09. The number of sulfone groups is 1. The molecule has 0 fully saturated rings. The molecule has 0 saturated carbocycles. The number of sulfonamides is 1. The van der Waals surface area contributed by atoms with Crippen LogP contribution in [-0.4, -0.2) is 35.2 Å². The van der Waals surface area contributed by atoms with Gasteiger partial charge in [0.15, 0.2) is 14.9 Å². The fraction of sp³-hybridized carbons (Fsp3) is 0.400. The molecule has 0 heterocycles. The summed E-state index contributed by atoms with van der Waals surface area (Å²) in [5.74, 6) is 0. The van der Waals surface area contributed by atoms with Crippen LogP contribution in [0.2, 0.25) is 0 Å². The summed E-state index contributed by atoms with van der Waals surface area (Å²) in [7, 11) is -6.18. The highest BCUT2D eigenvalue weighted by atomic mass is 32.3. The van der Waals surface area contributed by atoms with Gasteiger partial charge in [0.25, 0.3) is 0 Å². The lowest BCUT2D eigenvalue weighted by atomic mass is 10.2. The zero-order chi connectivity index (χ0) is 14.0. The number of anilines is 1. The molecule has 0 bridgehead atoms. The molecule has 1 aromatic carbocycles. The third kappa shape index (κ3) is 3.97. The Morgan fingerprint density at radius 3 is 2.33 bits per heavy atom. The van der Waals surface area contributed by atoms with Crippen LogP contribution in [0.5, 0.6) is 0 Å². The molecule has 8 heteroatoms. The van der Waals surface area contributed by atoms with Crippen LogP contribution in [-0.2, 0) is 26.4 Å². The molecule has 0 aliphatic rings. The van der Waals surface area contributed by atoms with Crippen molar-refractivity contribution in [3.8, 4) is 0 Å². The van der Waals surface area contributed by atoms with Gasteiger partial charge in [0.1, 0.15) is 0 Å². The second-order valence-electron chi connectivity index (χ2n) is 4.00. The van der Waals surface area contributed by atoms with Crippen molar-refractivity contribution in [3.05, 3.63) is 29.8 Å². The molecule has 0 aliphatic heterocycles. The maximum atomic E-state index is 11.9. The summed E-state index contributed by atoms with van der Waals surface area (Å²) in [5.41, 5.74) is 6.63. The number of rotatable bonds is 5. The smallest absolute Gasteiger partial charge is 0.249 e. The van der Waals surface area contributed by atoms with Crippen LogP contribution < -0.4 is 10.0 Å². The van der Waals surface area contributed by atoms with Crippen molar-refractivity contribution in [2.45, 2.75) is 6.54 Å². The predicted octanol–water partition coefficient (Wildman–Crippen LogP) is -0.0866. The maximum absolute atomic E-state index is 11.9. The van der Waals surface area contributed by atoms with Crippen LogP contribution in [0.25, 0.3) is 0 Å². The van der Waals surface area contributed by atoms with Crippen molar-refractivity contribution in [1.82, 2.24) is 0 Å². The highest BCUT2D eigenvalue weighted by molar-refractivity contribution is 8.08. The van der Waals surface area contributed by atoms with E-state index in [1.54, 1.807) is 24.3 Å². The zero-order valence-electron chi connectivity index (χ0n) is 10.2. The van der Waals surface area contributed by atoms with Gasteiger partial charge in [-0.2, -0.15) is 0 Å². The van der Waals surface area contributed by atoms with Crippen LogP contribution in [0.4, 0.5) is 5.69 Å². The van der Waals surface area contributed by atoms with E-state index in [9.17, 15) is 16.8 Å². The second kappa shape index (κ2) is 5.25. The molecule has 1 aromatic rings. The molecule has 1 rings (SSSR count). The molecular weight excluding hydrogens is 276 g/mol. The molecule has 0 spiro atoms. The van der Waals surface area contributed by atoms with Gasteiger partial charge in [-0.15, -0.1) is 0 Å². The minimum absolute atomic E-state index is 0.286. The van der Waals surface area contributed by atoms with Crippen molar-refractivity contribution < 1.29 is 16.8 Å². The van der Waals surface area contributed by atoms with Crippen molar-refractivity contribution in [3.63, 3.8) is 0 Å². The Bertz CT molecular complexity index is 623. The average Bonchev–Trinajstić information content (AvgIpc) is 2.25. The maximum Gasteiger partial charge on any atom is 0.249 e. The van der Waals surface area contributed by atoms with E-state index in [2.05, 4.69) is 0 Å². The molecule has 0 aliphatic carbocycles. The predicted molar refractivity (Wildman–Crippen MR) is 71.4 cm³/mol. The van der Waals surface area contributed by atoms with E-state index in [-0.39, 0.29) is 6.54 Å². The fourth-order valence-corrected chi connectivity index (χ4v) is 4.62. The Hall–Kier alpha value is -1.12. The number of nitrogens with zero attached hydrogens (tertiary/aromatic N) is 1. The number of hydrogen-bond donors (Lipinski definition) is 1. The molecule has 18 heavy (non-hydrogen) atoms. The minimum atomic E-state index is -3.89. The van der Waals surface area contributed by atoms with Crippen molar-refractivity contribution in [1.29, 1.82) is 0 Å². The van der Waals surface area contributed by atoms with E-state index in [1.165, 1.54) is 7.05 Å². The van der Waals surface area contributed by atoms with Gasteiger partial charge in [0.2, 0.25) is 10.0 Å². The summed E-state index contributed by atoms with van der Waals surface area (Å²) in [6.07, 6.45) is 0.884. The third-order valence-electron chi connectivity index (χ3n) is 2.29. The fourth-order valence-electron chi connectivity index (χ4n) is 1.39. The lowest BCUT2D eigenvalue weighted by Gasteiger charge is -2.19.